The molecule has 26 heavy (non-hydrogen) atoms. The fourth-order valence-electron chi connectivity index (χ4n) is 2.42. The number of fused-ring (bicyclic) bond motifs is 1. The van der Waals surface area contributed by atoms with Crippen LogP contribution in [-0.4, -0.2) is 25.8 Å². The Morgan fingerprint density at radius 3 is 2.73 bits per heavy atom. The number of ether oxygens (including phenoxy) is 2. The van der Waals surface area contributed by atoms with Gasteiger partial charge in [-0.25, -0.2) is 5.43 Å². The van der Waals surface area contributed by atoms with Crippen LogP contribution in [-0.2, 0) is 4.79 Å². The van der Waals surface area contributed by atoms with Crippen LogP contribution in [0.5, 0.6) is 11.5 Å². The topological polar surface area (TPSA) is 59.9 Å². The number of nitrogens with zero attached hydrogens (tertiary/aromatic N) is 1. The van der Waals surface area contributed by atoms with Crippen molar-refractivity contribution in [1.82, 2.24) is 5.43 Å². The number of halogens is 1. The van der Waals surface area contributed by atoms with Crippen molar-refractivity contribution in [3.63, 3.8) is 0 Å². The highest BCUT2D eigenvalue weighted by molar-refractivity contribution is 6.30. The Balaban J connectivity index is 1.56. The first-order chi connectivity index (χ1) is 12.7. The molecule has 0 unspecified atom stereocenters. The van der Waals surface area contributed by atoms with E-state index in [1.807, 2.05) is 42.5 Å². The van der Waals surface area contributed by atoms with Crippen LogP contribution in [0, 0.1) is 0 Å². The maximum absolute atomic E-state index is 11.9. The van der Waals surface area contributed by atoms with E-state index in [0.29, 0.717) is 22.1 Å². The van der Waals surface area contributed by atoms with Gasteiger partial charge in [0.25, 0.3) is 5.91 Å². The van der Waals surface area contributed by atoms with Gasteiger partial charge in [-0.15, -0.1) is 0 Å². The molecule has 0 fully saturated rings. The molecule has 0 aliphatic heterocycles. The normalized spacial score (nSPS) is 10.8. The van der Waals surface area contributed by atoms with Crippen LogP contribution in [0.25, 0.3) is 10.8 Å². The molecule has 0 radical (unpaired) electrons. The van der Waals surface area contributed by atoms with Crippen LogP contribution < -0.4 is 14.9 Å². The lowest BCUT2D eigenvalue weighted by Crippen LogP contribution is -2.24. The second kappa shape index (κ2) is 8.36. The second-order valence-electron chi connectivity index (χ2n) is 5.48. The Labute approximate surface area is 156 Å². The number of benzene rings is 3. The number of nitrogens with one attached hydrogen (secondary N) is 1. The molecule has 0 heterocycles. The van der Waals surface area contributed by atoms with Gasteiger partial charge in [0.15, 0.2) is 6.61 Å². The van der Waals surface area contributed by atoms with Gasteiger partial charge in [-0.2, -0.15) is 5.10 Å². The molecule has 5 nitrogen and oxygen atoms in total. The lowest BCUT2D eigenvalue weighted by Gasteiger charge is -2.07. The number of carbonyl (C=O) groups excluding carboxylic acids is 1. The highest BCUT2D eigenvalue weighted by atomic mass is 35.5. The number of hydrogen-bond donors (Lipinski definition) is 1. The Kier molecular flexibility index (Phi) is 5.71. The van der Waals surface area contributed by atoms with Crippen LogP contribution in [0.1, 0.15) is 5.56 Å². The van der Waals surface area contributed by atoms with Crippen molar-refractivity contribution in [3.05, 3.63) is 71.2 Å². The van der Waals surface area contributed by atoms with Crippen molar-refractivity contribution in [2.45, 2.75) is 0 Å². The summed E-state index contributed by atoms with van der Waals surface area (Å²) in [6, 6.07) is 18.8. The third kappa shape index (κ3) is 4.52. The molecule has 1 N–H and O–H groups in total. The average molecular weight is 369 g/mol. The van der Waals surface area contributed by atoms with Gasteiger partial charge in [-0.1, -0.05) is 41.9 Å². The predicted molar refractivity (Wildman–Crippen MR) is 103 cm³/mol. The molecule has 0 aliphatic carbocycles. The first kappa shape index (κ1) is 17.8. The van der Waals surface area contributed by atoms with Gasteiger partial charge >= 0.3 is 0 Å². The molecule has 0 spiro atoms. The second-order valence-corrected chi connectivity index (χ2v) is 5.91. The molecule has 0 saturated heterocycles. The molecule has 6 heteroatoms. The Morgan fingerprint density at radius 2 is 1.92 bits per heavy atom. The van der Waals surface area contributed by atoms with Gasteiger partial charge in [0.1, 0.15) is 11.5 Å². The van der Waals surface area contributed by atoms with E-state index >= 15 is 0 Å². The highest BCUT2D eigenvalue weighted by Gasteiger charge is 2.04. The molecule has 3 aromatic rings. The van der Waals surface area contributed by atoms with Crippen LogP contribution in [0.2, 0.25) is 5.02 Å². The summed E-state index contributed by atoms with van der Waals surface area (Å²) >= 11 is 5.95. The molecule has 3 aromatic carbocycles. The van der Waals surface area contributed by atoms with Crippen molar-refractivity contribution in [1.29, 1.82) is 0 Å². The summed E-state index contributed by atoms with van der Waals surface area (Å²) in [4.78, 5) is 11.9. The summed E-state index contributed by atoms with van der Waals surface area (Å²) in [7, 11) is 1.55. The minimum Gasteiger partial charge on any atom is -0.496 e. The number of hydrazone groups is 1. The van der Waals surface area contributed by atoms with Crippen LogP contribution in [0.4, 0.5) is 0 Å². The number of hydrogen-bond acceptors (Lipinski definition) is 4. The van der Waals surface area contributed by atoms with Gasteiger partial charge in [-0.05, 0) is 41.1 Å². The van der Waals surface area contributed by atoms with Crippen molar-refractivity contribution < 1.29 is 14.3 Å². The van der Waals surface area contributed by atoms with E-state index in [0.717, 1.165) is 10.8 Å². The quantitative estimate of drug-likeness (QED) is 0.528. The van der Waals surface area contributed by atoms with E-state index in [2.05, 4.69) is 10.5 Å². The van der Waals surface area contributed by atoms with Gasteiger partial charge < -0.3 is 9.47 Å². The Morgan fingerprint density at radius 1 is 1.12 bits per heavy atom. The molecular formula is C20H17ClN2O3. The minimum atomic E-state index is -0.365. The van der Waals surface area contributed by atoms with Gasteiger partial charge in [0.2, 0.25) is 0 Å². The first-order valence-electron chi connectivity index (χ1n) is 7.93. The first-order valence-corrected chi connectivity index (χ1v) is 8.30. The third-order valence-electron chi connectivity index (χ3n) is 3.68. The molecule has 0 aliphatic rings. The Hall–Kier alpha value is -3.05. The van der Waals surface area contributed by atoms with Gasteiger partial charge in [-0.3, -0.25) is 4.79 Å². The van der Waals surface area contributed by atoms with Crippen LogP contribution >= 0.6 is 11.6 Å². The summed E-state index contributed by atoms with van der Waals surface area (Å²) in [5.41, 5.74) is 3.08. The smallest absolute Gasteiger partial charge is 0.277 e. The SMILES string of the molecule is COc1ccc(Cl)cc1/C=N\NC(=O)COc1ccc2ccccc2c1. The lowest BCUT2D eigenvalue weighted by molar-refractivity contribution is -0.123. The zero-order chi connectivity index (χ0) is 18.4. The van der Waals surface area contributed by atoms with Gasteiger partial charge in [0, 0.05) is 10.6 Å². The van der Waals surface area contributed by atoms with E-state index in [4.69, 9.17) is 21.1 Å². The summed E-state index contributed by atoms with van der Waals surface area (Å²) in [5, 5.41) is 6.63. The Bertz CT molecular complexity index is 957. The number of methoxy groups -OCH3 is 1. The fraction of sp³-hybridized carbons (Fsp3) is 0.100. The number of amides is 1. The monoisotopic (exact) mass is 368 g/mol. The van der Waals surface area contributed by atoms with Crippen molar-refractivity contribution >= 4 is 34.5 Å². The van der Waals surface area contributed by atoms with E-state index in [1.54, 1.807) is 25.3 Å². The van der Waals surface area contributed by atoms with Crippen molar-refractivity contribution in [2.75, 3.05) is 13.7 Å². The maximum Gasteiger partial charge on any atom is 0.277 e. The molecule has 0 bridgehead atoms. The standard InChI is InChI=1S/C20H17ClN2O3/c1-25-19-9-7-17(21)10-16(19)12-22-23-20(24)13-26-18-8-6-14-4-2-3-5-15(14)11-18/h2-12H,13H2,1H3,(H,23,24)/b22-12-. The third-order valence-corrected chi connectivity index (χ3v) is 3.91. The highest BCUT2D eigenvalue weighted by Crippen LogP contribution is 2.21. The molecular weight excluding hydrogens is 352 g/mol. The summed E-state index contributed by atoms with van der Waals surface area (Å²) < 4.78 is 10.7. The van der Waals surface area contributed by atoms with E-state index in [1.165, 1.54) is 6.21 Å². The summed E-state index contributed by atoms with van der Waals surface area (Å²) in [6.45, 7) is -0.137. The molecule has 0 atom stereocenters. The number of carbonyl (C=O) groups is 1. The molecule has 0 saturated carbocycles. The fourth-order valence-corrected chi connectivity index (χ4v) is 2.60. The average Bonchev–Trinajstić information content (AvgIpc) is 2.66. The molecule has 3 rings (SSSR count). The minimum absolute atomic E-state index is 0.137. The lowest BCUT2D eigenvalue weighted by atomic mass is 10.1. The zero-order valence-electron chi connectivity index (χ0n) is 14.1. The molecule has 0 aromatic heterocycles. The summed E-state index contributed by atoms with van der Waals surface area (Å²) in [5.74, 6) is 0.870. The van der Waals surface area contributed by atoms with Gasteiger partial charge in [0.05, 0.1) is 13.3 Å². The number of rotatable bonds is 6. The largest absolute Gasteiger partial charge is 0.496 e. The van der Waals surface area contributed by atoms with Crippen molar-refractivity contribution in [2.24, 2.45) is 5.10 Å². The predicted octanol–water partition coefficient (Wildman–Crippen LogP) is 4.03. The zero-order valence-corrected chi connectivity index (χ0v) is 14.9. The summed E-state index contributed by atoms with van der Waals surface area (Å²) in [6.07, 6.45) is 1.47. The maximum atomic E-state index is 11.9. The van der Waals surface area contributed by atoms with E-state index in [-0.39, 0.29) is 12.5 Å². The van der Waals surface area contributed by atoms with E-state index < -0.39 is 0 Å². The van der Waals surface area contributed by atoms with E-state index in [9.17, 15) is 4.79 Å². The van der Waals surface area contributed by atoms with Crippen molar-refractivity contribution in [3.8, 4) is 11.5 Å². The molecule has 1 amide bonds. The van der Waals surface area contributed by atoms with Crippen LogP contribution in [0.15, 0.2) is 65.8 Å². The molecule has 132 valence electrons. The van der Waals surface area contributed by atoms with Crippen LogP contribution in [0.3, 0.4) is 0 Å².